The molecule has 33 heavy (non-hydrogen) atoms. The Labute approximate surface area is 190 Å². The molecule has 1 amide bonds. The van der Waals surface area contributed by atoms with E-state index in [1.807, 2.05) is 0 Å². The molecule has 3 aromatic rings. The van der Waals surface area contributed by atoms with Crippen LogP contribution >= 0.6 is 0 Å². The third-order valence-electron chi connectivity index (χ3n) is 5.83. The molecule has 0 aliphatic carbocycles. The Balaban J connectivity index is 1.64. The molecular weight excluding hydrogens is 446 g/mol. The van der Waals surface area contributed by atoms with Crippen molar-refractivity contribution in [1.82, 2.24) is 23.7 Å². The molecule has 1 saturated heterocycles. The second-order valence-corrected chi connectivity index (χ2v) is 9.77. The molecule has 174 valence electrons. The molecule has 0 saturated carbocycles. The Kier molecular flexibility index (Phi) is 6.43. The van der Waals surface area contributed by atoms with Crippen molar-refractivity contribution in [3.05, 3.63) is 69.1 Å². The van der Waals surface area contributed by atoms with Gasteiger partial charge in [0.2, 0.25) is 15.9 Å². The minimum absolute atomic E-state index is 0.0330. The van der Waals surface area contributed by atoms with Gasteiger partial charge in [-0.2, -0.15) is 0 Å². The predicted octanol–water partition coefficient (Wildman–Crippen LogP) is 0.586. The molecular formula is C22H25N5O5S. The fourth-order valence-corrected chi connectivity index (χ4v) is 5.00. The Morgan fingerprint density at radius 3 is 2.61 bits per heavy atom. The van der Waals surface area contributed by atoms with Crippen LogP contribution < -0.4 is 16.0 Å². The number of hydrogen-bond acceptors (Lipinski definition) is 6. The van der Waals surface area contributed by atoms with Crippen molar-refractivity contribution in [2.24, 2.45) is 7.05 Å². The van der Waals surface area contributed by atoms with Gasteiger partial charge in [0.25, 0.3) is 5.56 Å². The predicted molar refractivity (Wildman–Crippen MR) is 122 cm³/mol. The van der Waals surface area contributed by atoms with Gasteiger partial charge in [-0.25, -0.2) is 17.9 Å². The molecule has 1 N–H and O–H groups in total. The molecule has 0 bridgehead atoms. The quantitative estimate of drug-likeness (QED) is 0.538. The molecule has 3 heterocycles. The smallest absolute Gasteiger partial charge is 0.331 e. The molecule has 1 aliphatic rings. The molecule has 0 atom stereocenters. The maximum absolute atomic E-state index is 13.1. The van der Waals surface area contributed by atoms with Crippen LogP contribution in [0.15, 0.2) is 57.2 Å². The zero-order chi connectivity index (χ0) is 23.6. The van der Waals surface area contributed by atoms with Gasteiger partial charge in [0.05, 0.1) is 15.8 Å². The van der Waals surface area contributed by atoms with Crippen molar-refractivity contribution >= 4 is 26.8 Å². The second-order valence-electron chi connectivity index (χ2n) is 8.00. The van der Waals surface area contributed by atoms with Crippen molar-refractivity contribution in [2.45, 2.75) is 37.2 Å². The van der Waals surface area contributed by atoms with Crippen molar-refractivity contribution < 1.29 is 13.2 Å². The van der Waals surface area contributed by atoms with Crippen LogP contribution in [0.4, 0.5) is 0 Å². The van der Waals surface area contributed by atoms with Crippen molar-refractivity contribution in [3.8, 4) is 0 Å². The van der Waals surface area contributed by atoms with Crippen LogP contribution in [0.25, 0.3) is 10.9 Å². The van der Waals surface area contributed by atoms with E-state index < -0.39 is 21.3 Å². The van der Waals surface area contributed by atoms with Crippen LogP contribution in [0.3, 0.4) is 0 Å². The number of nitrogens with zero attached hydrogens (tertiary/aromatic N) is 4. The summed E-state index contributed by atoms with van der Waals surface area (Å²) in [5, 5.41) is 0.0926. The summed E-state index contributed by atoms with van der Waals surface area (Å²) in [7, 11) is -2.40. The maximum Gasteiger partial charge on any atom is 0.331 e. The monoisotopic (exact) mass is 471 g/mol. The minimum atomic E-state index is -3.91. The van der Waals surface area contributed by atoms with Crippen LogP contribution in [-0.4, -0.2) is 46.4 Å². The van der Waals surface area contributed by atoms with Crippen LogP contribution in [-0.2, 0) is 35.0 Å². The summed E-state index contributed by atoms with van der Waals surface area (Å²) >= 11 is 0. The number of pyridine rings is 1. The molecule has 11 heteroatoms. The van der Waals surface area contributed by atoms with Crippen molar-refractivity contribution in [1.29, 1.82) is 0 Å². The van der Waals surface area contributed by atoms with Gasteiger partial charge in [-0.05, 0) is 42.7 Å². The van der Waals surface area contributed by atoms with E-state index in [9.17, 15) is 22.8 Å². The fraction of sp³-hybridized carbons (Fsp3) is 0.364. The molecule has 1 fully saturated rings. The van der Waals surface area contributed by atoms with Crippen molar-refractivity contribution in [2.75, 3.05) is 13.1 Å². The van der Waals surface area contributed by atoms with E-state index in [0.717, 1.165) is 17.4 Å². The van der Waals surface area contributed by atoms with Gasteiger partial charge in [0, 0.05) is 52.0 Å². The first-order valence-electron chi connectivity index (χ1n) is 10.7. The van der Waals surface area contributed by atoms with Gasteiger partial charge in [0.15, 0.2) is 0 Å². The summed E-state index contributed by atoms with van der Waals surface area (Å²) in [6.45, 7) is 1.37. The summed E-state index contributed by atoms with van der Waals surface area (Å²) < 4.78 is 30.4. The lowest BCUT2D eigenvalue weighted by atomic mass is 10.2. The number of hydrogen-bond donors (Lipinski definition) is 1. The first kappa shape index (κ1) is 22.9. The number of fused-ring (bicyclic) bond motifs is 1. The third-order valence-corrected chi connectivity index (χ3v) is 7.23. The Hall–Kier alpha value is -3.31. The zero-order valence-electron chi connectivity index (χ0n) is 18.2. The van der Waals surface area contributed by atoms with E-state index in [4.69, 9.17) is 0 Å². The van der Waals surface area contributed by atoms with E-state index in [0.29, 0.717) is 24.2 Å². The fourth-order valence-electron chi connectivity index (χ4n) is 3.96. The zero-order valence-corrected chi connectivity index (χ0v) is 19.0. The van der Waals surface area contributed by atoms with E-state index in [1.54, 1.807) is 29.4 Å². The van der Waals surface area contributed by atoms with Gasteiger partial charge in [0.1, 0.15) is 0 Å². The SMILES string of the molecule is Cn1c(=O)n(CCC(=O)N2CCCC2)c(=O)c2cc(S(=O)(=O)NCc3cccnc3)ccc21. The summed E-state index contributed by atoms with van der Waals surface area (Å²) in [6.07, 6.45) is 5.09. The summed E-state index contributed by atoms with van der Waals surface area (Å²) in [5.74, 6) is -0.0996. The lowest BCUT2D eigenvalue weighted by molar-refractivity contribution is -0.130. The van der Waals surface area contributed by atoms with E-state index >= 15 is 0 Å². The number of aryl methyl sites for hydroxylation is 1. The number of likely N-dealkylation sites (tertiary alicyclic amines) is 1. The van der Waals surface area contributed by atoms with Crippen LogP contribution in [0.1, 0.15) is 24.8 Å². The Bertz CT molecular complexity index is 1410. The number of benzene rings is 1. The average Bonchev–Trinajstić information content (AvgIpc) is 3.37. The molecule has 0 spiro atoms. The molecule has 10 nitrogen and oxygen atoms in total. The van der Waals surface area contributed by atoms with Crippen LogP contribution in [0.2, 0.25) is 0 Å². The van der Waals surface area contributed by atoms with E-state index in [2.05, 4.69) is 9.71 Å². The molecule has 1 aromatic carbocycles. The highest BCUT2D eigenvalue weighted by Crippen LogP contribution is 2.16. The highest BCUT2D eigenvalue weighted by atomic mass is 32.2. The van der Waals surface area contributed by atoms with Gasteiger partial charge in [-0.15, -0.1) is 0 Å². The summed E-state index contributed by atoms with van der Waals surface area (Å²) in [5.41, 5.74) is -0.161. The first-order valence-corrected chi connectivity index (χ1v) is 12.2. The molecule has 0 unspecified atom stereocenters. The second kappa shape index (κ2) is 9.28. The highest BCUT2D eigenvalue weighted by Gasteiger charge is 2.20. The molecule has 0 radical (unpaired) electrons. The Morgan fingerprint density at radius 1 is 1.15 bits per heavy atom. The number of rotatable bonds is 7. The van der Waals surface area contributed by atoms with Gasteiger partial charge in [-0.3, -0.25) is 23.7 Å². The third kappa shape index (κ3) is 4.74. The highest BCUT2D eigenvalue weighted by molar-refractivity contribution is 7.89. The first-order chi connectivity index (χ1) is 15.8. The molecule has 4 rings (SSSR count). The molecule has 1 aliphatic heterocycles. The number of carbonyl (C=O) groups excluding carboxylic acids is 1. The van der Waals surface area contributed by atoms with Gasteiger partial charge >= 0.3 is 5.69 Å². The normalized spacial score (nSPS) is 14.2. The minimum Gasteiger partial charge on any atom is -0.343 e. The number of aromatic nitrogens is 3. The topological polar surface area (TPSA) is 123 Å². The van der Waals surface area contributed by atoms with E-state index in [-0.39, 0.29) is 35.7 Å². The lowest BCUT2D eigenvalue weighted by Gasteiger charge is -2.16. The lowest BCUT2D eigenvalue weighted by Crippen LogP contribution is -2.40. The van der Waals surface area contributed by atoms with Crippen LogP contribution in [0.5, 0.6) is 0 Å². The van der Waals surface area contributed by atoms with Crippen LogP contribution in [0, 0.1) is 0 Å². The van der Waals surface area contributed by atoms with E-state index in [1.165, 1.54) is 29.8 Å². The number of carbonyl (C=O) groups is 1. The number of sulfonamides is 1. The largest absolute Gasteiger partial charge is 0.343 e. The van der Waals surface area contributed by atoms with Gasteiger partial charge in [-0.1, -0.05) is 6.07 Å². The standard InChI is InChI=1S/C22H25N5O5S/c1-25-19-7-6-17(33(31,32)24-15-16-5-4-9-23-14-16)13-18(19)21(29)27(22(25)30)12-8-20(28)26-10-2-3-11-26/h4-7,9,13-14,24H,2-3,8,10-12,15H2,1H3. The Morgan fingerprint density at radius 2 is 1.91 bits per heavy atom. The number of amides is 1. The van der Waals surface area contributed by atoms with Gasteiger partial charge < -0.3 is 4.90 Å². The average molecular weight is 472 g/mol. The summed E-state index contributed by atoms with van der Waals surface area (Å²) in [6, 6.07) is 7.51. The van der Waals surface area contributed by atoms with Crippen molar-refractivity contribution in [3.63, 3.8) is 0 Å². The summed E-state index contributed by atoms with van der Waals surface area (Å²) in [4.78, 5) is 43.8. The molecule has 2 aromatic heterocycles. The maximum atomic E-state index is 13.1. The number of nitrogens with one attached hydrogen (secondary N) is 1.